The van der Waals surface area contributed by atoms with E-state index in [1.807, 2.05) is 6.07 Å². The summed E-state index contributed by atoms with van der Waals surface area (Å²) < 4.78 is 0. The van der Waals surface area contributed by atoms with Crippen molar-refractivity contribution in [3.8, 4) is 0 Å². The summed E-state index contributed by atoms with van der Waals surface area (Å²) in [6.45, 7) is 5.02. The minimum atomic E-state index is 0.331. The molecule has 2 N–H and O–H groups in total. The SMILES string of the molecule is CC(CN=C(N)N1CCCCCC1)N(C)c1ccccc1. The summed E-state index contributed by atoms with van der Waals surface area (Å²) in [5.41, 5.74) is 7.38. The molecule has 116 valence electrons. The molecule has 1 atom stereocenters. The van der Waals surface area contributed by atoms with Crippen LogP contribution in [-0.2, 0) is 0 Å². The number of nitrogens with zero attached hydrogens (tertiary/aromatic N) is 3. The predicted molar refractivity (Wildman–Crippen MR) is 90.8 cm³/mol. The van der Waals surface area contributed by atoms with Gasteiger partial charge in [0.15, 0.2) is 5.96 Å². The molecule has 1 aromatic carbocycles. The lowest BCUT2D eigenvalue weighted by molar-refractivity contribution is 0.428. The number of guanidine groups is 1. The van der Waals surface area contributed by atoms with Crippen molar-refractivity contribution >= 4 is 11.6 Å². The Morgan fingerprint density at radius 3 is 2.43 bits per heavy atom. The molecule has 1 heterocycles. The Hall–Kier alpha value is -1.71. The average molecular weight is 288 g/mol. The van der Waals surface area contributed by atoms with Crippen molar-refractivity contribution in [2.75, 3.05) is 31.6 Å². The van der Waals surface area contributed by atoms with Crippen LogP contribution in [-0.4, -0.2) is 43.6 Å². The highest BCUT2D eigenvalue weighted by molar-refractivity contribution is 5.78. The average Bonchev–Trinajstić information content (AvgIpc) is 2.81. The van der Waals surface area contributed by atoms with Crippen LogP contribution in [0.15, 0.2) is 35.3 Å². The summed E-state index contributed by atoms with van der Waals surface area (Å²) in [5, 5.41) is 0. The maximum Gasteiger partial charge on any atom is 0.191 e. The van der Waals surface area contributed by atoms with Crippen LogP contribution in [0.1, 0.15) is 32.6 Å². The quantitative estimate of drug-likeness (QED) is 0.684. The van der Waals surface area contributed by atoms with Gasteiger partial charge < -0.3 is 15.5 Å². The minimum Gasteiger partial charge on any atom is -0.370 e. The normalized spacial score (nSPS) is 18.2. The zero-order valence-electron chi connectivity index (χ0n) is 13.3. The number of rotatable bonds is 4. The fourth-order valence-corrected chi connectivity index (χ4v) is 2.67. The summed E-state index contributed by atoms with van der Waals surface area (Å²) in [6.07, 6.45) is 5.10. The molecule has 4 nitrogen and oxygen atoms in total. The Morgan fingerprint density at radius 2 is 1.81 bits per heavy atom. The van der Waals surface area contributed by atoms with E-state index in [-0.39, 0.29) is 0 Å². The van der Waals surface area contributed by atoms with Gasteiger partial charge in [0.2, 0.25) is 0 Å². The number of aliphatic imine (C=N–C) groups is 1. The monoisotopic (exact) mass is 288 g/mol. The summed E-state index contributed by atoms with van der Waals surface area (Å²) >= 11 is 0. The van der Waals surface area contributed by atoms with Gasteiger partial charge in [-0.2, -0.15) is 0 Å². The Bertz CT molecular complexity index is 435. The largest absolute Gasteiger partial charge is 0.370 e. The second kappa shape index (κ2) is 7.91. The lowest BCUT2D eigenvalue weighted by Crippen LogP contribution is -2.39. The van der Waals surface area contributed by atoms with Crippen molar-refractivity contribution < 1.29 is 0 Å². The fraction of sp³-hybridized carbons (Fsp3) is 0.588. The van der Waals surface area contributed by atoms with Gasteiger partial charge in [-0.25, -0.2) is 0 Å². The number of benzene rings is 1. The lowest BCUT2D eigenvalue weighted by atomic mass is 10.2. The minimum absolute atomic E-state index is 0.331. The zero-order valence-corrected chi connectivity index (χ0v) is 13.3. The van der Waals surface area contributed by atoms with Crippen molar-refractivity contribution in [1.82, 2.24) is 4.90 Å². The van der Waals surface area contributed by atoms with Gasteiger partial charge in [-0.3, -0.25) is 4.99 Å². The van der Waals surface area contributed by atoms with Crippen LogP contribution >= 0.6 is 0 Å². The van der Waals surface area contributed by atoms with E-state index in [0.717, 1.165) is 19.6 Å². The molecular weight excluding hydrogens is 260 g/mol. The van der Waals surface area contributed by atoms with Crippen LogP contribution in [0.3, 0.4) is 0 Å². The van der Waals surface area contributed by atoms with E-state index >= 15 is 0 Å². The maximum absolute atomic E-state index is 6.16. The Morgan fingerprint density at radius 1 is 1.19 bits per heavy atom. The highest BCUT2D eigenvalue weighted by Gasteiger charge is 2.13. The van der Waals surface area contributed by atoms with Gasteiger partial charge in [0.05, 0.1) is 6.54 Å². The molecule has 0 spiro atoms. The van der Waals surface area contributed by atoms with Crippen molar-refractivity contribution in [3.05, 3.63) is 30.3 Å². The maximum atomic E-state index is 6.16. The van der Waals surface area contributed by atoms with E-state index in [4.69, 9.17) is 5.73 Å². The molecular formula is C17H28N4. The van der Waals surface area contributed by atoms with Gasteiger partial charge in [0.25, 0.3) is 0 Å². The number of likely N-dealkylation sites (N-methyl/N-ethyl adjacent to an activating group) is 1. The third-order valence-corrected chi connectivity index (χ3v) is 4.27. The number of hydrogen-bond donors (Lipinski definition) is 1. The Labute approximate surface area is 128 Å². The number of hydrogen-bond acceptors (Lipinski definition) is 2. The zero-order chi connectivity index (χ0) is 15.1. The third kappa shape index (κ3) is 4.66. The third-order valence-electron chi connectivity index (χ3n) is 4.27. The highest BCUT2D eigenvalue weighted by Crippen LogP contribution is 2.14. The van der Waals surface area contributed by atoms with Gasteiger partial charge in [-0.15, -0.1) is 0 Å². The molecule has 1 fully saturated rings. The van der Waals surface area contributed by atoms with Gasteiger partial charge >= 0.3 is 0 Å². The molecule has 0 aromatic heterocycles. The molecule has 21 heavy (non-hydrogen) atoms. The van der Waals surface area contributed by atoms with Crippen molar-refractivity contribution in [3.63, 3.8) is 0 Å². The van der Waals surface area contributed by atoms with E-state index in [9.17, 15) is 0 Å². The van der Waals surface area contributed by atoms with Crippen molar-refractivity contribution in [2.24, 2.45) is 10.7 Å². The van der Waals surface area contributed by atoms with Crippen LogP contribution in [0, 0.1) is 0 Å². The van der Waals surface area contributed by atoms with E-state index in [1.54, 1.807) is 0 Å². The van der Waals surface area contributed by atoms with Gasteiger partial charge in [0.1, 0.15) is 0 Å². The van der Waals surface area contributed by atoms with E-state index in [0.29, 0.717) is 12.0 Å². The van der Waals surface area contributed by atoms with Crippen LogP contribution in [0.4, 0.5) is 5.69 Å². The molecule has 1 aliphatic rings. The standard InChI is InChI=1S/C17H28N4/c1-15(20(2)16-10-6-5-7-11-16)14-19-17(18)21-12-8-3-4-9-13-21/h5-7,10-11,15H,3-4,8-9,12-14H2,1-2H3,(H2,18,19). The second-order valence-corrected chi connectivity index (χ2v) is 5.90. The molecule has 1 saturated heterocycles. The van der Waals surface area contributed by atoms with Crippen molar-refractivity contribution in [1.29, 1.82) is 0 Å². The summed E-state index contributed by atoms with van der Waals surface area (Å²) in [6, 6.07) is 10.7. The van der Waals surface area contributed by atoms with Gasteiger partial charge in [-0.1, -0.05) is 31.0 Å². The van der Waals surface area contributed by atoms with Crippen molar-refractivity contribution in [2.45, 2.75) is 38.6 Å². The molecule has 1 unspecified atom stereocenters. The van der Waals surface area contributed by atoms with Crippen LogP contribution < -0.4 is 10.6 Å². The highest BCUT2D eigenvalue weighted by atomic mass is 15.3. The molecule has 0 radical (unpaired) electrons. The smallest absolute Gasteiger partial charge is 0.191 e. The van der Waals surface area contributed by atoms with Crippen LogP contribution in [0.25, 0.3) is 0 Å². The Balaban J connectivity index is 1.89. The predicted octanol–water partition coefficient (Wildman–Crippen LogP) is 2.70. The molecule has 1 aliphatic heterocycles. The molecule has 0 saturated carbocycles. The molecule has 0 bridgehead atoms. The first kappa shape index (κ1) is 15.7. The number of nitrogens with two attached hydrogens (primary N) is 1. The molecule has 0 aliphatic carbocycles. The molecule has 0 amide bonds. The molecule has 4 heteroatoms. The first-order valence-corrected chi connectivity index (χ1v) is 8.01. The summed E-state index contributed by atoms with van der Waals surface area (Å²) in [5.74, 6) is 0.713. The first-order chi connectivity index (χ1) is 10.2. The number of anilines is 1. The van der Waals surface area contributed by atoms with Crippen LogP contribution in [0.2, 0.25) is 0 Å². The number of likely N-dealkylation sites (tertiary alicyclic amines) is 1. The first-order valence-electron chi connectivity index (χ1n) is 8.01. The van der Waals surface area contributed by atoms with Gasteiger partial charge in [-0.05, 0) is 31.9 Å². The fourth-order valence-electron chi connectivity index (χ4n) is 2.67. The van der Waals surface area contributed by atoms with Crippen LogP contribution in [0.5, 0.6) is 0 Å². The van der Waals surface area contributed by atoms with Gasteiger partial charge in [0, 0.05) is 31.9 Å². The topological polar surface area (TPSA) is 44.9 Å². The molecule has 1 aromatic rings. The summed E-state index contributed by atoms with van der Waals surface area (Å²) in [4.78, 5) is 9.10. The van der Waals surface area contributed by atoms with E-state index < -0.39 is 0 Å². The second-order valence-electron chi connectivity index (χ2n) is 5.90. The van der Waals surface area contributed by atoms with E-state index in [2.05, 4.69) is 53.0 Å². The Kier molecular flexibility index (Phi) is 5.90. The molecule has 2 rings (SSSR count). The lowest BCUT2D eigenvalue weighted by Gasteiger charge is -2.27. The van der Waals surface area contributed by atoms with E-state index in [1.165, 1.54) is 31.4 Å². The summed E-state index contributed by atoms with van der Waals surface area (Å²) in [7, 11) is 2.11. The number of para-hydroxylation sites is 1.